The molecule has 0 aliphatic carbocycles. The summed E-state index contributed by atoms with van der Waals surface area (Å²) in [5.74, 6) is 1.09. The van der Waals surface area contributed by atoms with E-state index in [1.54, 1.807) is 25.4 Å². The molecule has 1 aliphatic rings. The molecule has 0 aromatic carbocycles. The molecule has 0 saturated carbocycles. The van der Waals surface area contributed by atoms with Crippen LogP contribution < -0.4 is 10.1 Å². The van der Waals surface area contributed by atoms with Gasteiger partial charge in [0.25, 0.3) is 0 Å². The number of halogens is 1. The maximum Gasteiger partial charge on any atom is 0.218 e. The SMILES string of the molecule is COc1cc(NC2CCN(Cc3ccncc3F)CC2)ncn1. The van der Waals surface area contributed by atoms with Crippen LogP contribution in [0.2, 0.25) is 0 Å². The molecule has 7 heteroatoms. The van der Waals surface area contributed by atoms with Crippen LogP contribution in [0.15, 0.2) is 30.9 Å². The van der Waals surface area contributed by atoms with Crippen LogP contribution in [-0.4, -0.2) is 46.1 Å². The topological polar surface area (TPSA) is 63.2 Å². The van der Waals surface area contributed by atoms with E-state index >= 15 is 0 Å². The number of ether oxygens (including phenoxy) is 1. The van der Waals surface area contributed by atoms with E-state index in [2.05, 4.69) is 25.2 Å². The van der Waals surface area contributed by atoms with Crippen molar-refractivity contribution < 1.29 is 9.13 Å². The molecule has 0 spiro atoms. The Hall–Kier alpha value is -2.28. The molecule has 2 aromatic heterocycles. The van der Waals surface area contributed by atoms with Gasteiger partial charge in [0.1, 0.15) is 18.0 Å². The van der Waals surface area contributed by atoms with Crippen LogP contribution in [0.25, 0.3) is 0 Å². The van der Waals surface area contributed by atoms with Crippen molar-refractivity contribution in [2.45, 2.75) is 25.4 Å². The Morgan fingerprint density at radius 2 is 2.17 bits per heavy atom. The fraction of sp³-hybridized carbons (Fsp3) is 0.438. The first-order valence-corrected chi connectivity index (χ1v) is 7.68. The summed E-state index contributed by atoms with van der Waals surface area (Å²) in [7, 11) is 1.59. The second kappa shape index (κ2) is 7.32. The Labute approximate surface area is 134 Å². The van der Waals surface area contributed by atoms with E-state index in [9.17, 15) is 4.39 Å². The second-order valence-electron chi connectivity index (χ2n) is 5.61. The van der Waals surface area contributed by atoms with E-state index < -0.39 is 0 Å². The van der Waals surface area contributed by atoms with Crippen molar-refractivity contribution in [3.63, 3.8) is 0 Å². The molecule has 0 atom stereocenters. The maximum absolute atomic E-state index is 13.7. The number of nitrogens with one attached hydrogen (secondary N) is 1. The lowest BCUT2D eigenvalue weighted by Crippen LogP contribution is -2.39. The van der Waals surface area contributed by atoms with Crippen LogP contribution in [0.1, 0.15) is 18.4 Å². The fourth-order valence-corrected chi connectivity index (χ4v) is 2.75. The van der Waals surface area contributed by atoms with E-state index in [1.165, 1.54) is 12.5 Å². The molecular formula is C16H20FN5O. The molecule has 3 heterocycles. The summed E-state index contributed by atoms with van der Waals surface area (Å²) in [6, 6.07) is 3.89. The maximum atomic E-state index is 13.7. The Morgan fingerprint density at radius 3 is 2.91 bits per heavy atom. The molecule has 2 aromatic rings. The number of methoxy groups -OCH3 is 1. The number of anilines is 1. The summed E-state index contributed by atoms with van der Waals surface area (Å²) in [6.07, 6.45) is 6.36. The van der Waals surface area contributed by atoms with Crippen molar-refractivity contribution >= 4 is 5.82 Å². The van der Waals surface area contributed by atoms with Crippen molar-refractivity contribution in [3.05, 3.63) is 42.2 Å². The van der Waals surface area contributed by atoms with Gasteiger partial charge in [0, 0.05) is 43.5 Å². The Kier molecular flexibility index (Phi) is 4.97. The zero-order chi connectivity index (χ0) is 16.1. The zero-order valence-corrected chi connectivity index (χ0v) is 13.1. The summed E-state index contributed by atoms with van der Waals surface area (Å²) in [6.45, 7) is 2.46. The van der Waals surface area contributed by atoms with Crippen molar-refractivity contribution in [1.82, 2.24) is 19.9 Å². The molecule has 1 N–H and O–H groups in total. The van der Waals surface area contributed by atoms with E-state index in [-0.39, 0.29) is 5.82 Å². The third kappa shape index (κ3) is 4.13. The van der Waals surface area contributed by atoms with Crippen LogP contribution in [-0.2, 0) is 6.54 Å². The molecule has 1 aliphatic heterocycles. The van der Waals surface area contributed by atoms with E-state index in [4.69, 9.17) is 4.74 Å². The normalized spacial score (nSPS) is 16.3. The predicted octanol–water partition coefficient (Wildman–Crippen LogP) is 2.10. The molecule has 0 unspecified atom stereocenters. The van der Waals surface area contributed by atoms with Gasteiger partial charge in [0.2, 0.25) is 5.88 Å². The lowest BCUT2D eigenvalue weighted by molar-refractivity contribution is 0.208. The lowest BCUT2D eigenvalue weighted by Gasteiger charge is -2.32. The molecule has 6 nitrogen and oxygen atoms in total. The minimum Gasteiger partial charge on any atom is -0.481 e. The van der Waals surface area contributed by atoms with Gasteiger partial charge >= 0.3 is 0 Å². The highest BCUT2D eigenvalue weighted by atomic mass is 19.1. The standard InChI is InChI=1S/C16H20FN5O/c1-23-16-8-15(19-11-20-16)21-13-3-6-22(7-4-13)10-12-2-5-18-9-14(12)17/h2,5,8-9,11,13H,3-4,6-7,10H2,1H3,(H,19,20,21). The van der Waals surface area contributed by atoms with Crippen molar-refractivity contribution in [3.8, 4) is 5.88 Å². The largest absolute Gasteiger partial charge is 0.481 e. The highest BCUT2D eigenvalue weighted by Gasteiger charge is 2.20. The Bertz CT molecular complexity index is 646. The quantitative estimate of drug-likeness (QED) is 0.911. The van der Waals surface area contributed by atoms with E-state index in [0.717, 1.165) is 31.7 Å². The van der Waals surface area contributed by atoms with Gasteiger partial charge in [-0.15, -0.1) is 0 Å². The van der Waals surface area contributed by atoms with Crippen molar-refractivity contribution in [2.24, 2.45) is 0 Å². The van der Waals surface area contributed by atoms with E-state index in [0.29, 0.717) is 24.0 Å². The molecular weight excluding hydrogens is 297 g/mol. The number of piperidine rings is 1. The first-order valence-electron chi connectivity index (χ1n) is 7.68. The number of pyridine rings is 1. The molecule has 0 amide bonds. The van der Waals surface area contributed by atoms with Crippen LogP contribution in [0.4, 0.5) is 10.2 Å². The third-order valence-electron chi connectivity index (χ3n) is 4.04. The Balaban J connectivity index is 1.51. The number of hydrogen-bond donors (Lipinski definition) is 1. The van der Waals surface area contributed by atoms with Crippen molar-refractivity contribution in [1.29, 1.82) is 0 Å². The average molecular weight is 317 g/mol. The summed E-state index contributed by atoms with van der Waals surface area (Å²) >= 11 is 0. The van der Waals surface area contributed by atoms with Crippen LogP contribution in [0.5, 0.6) is 5.88 Å². The summed E-state index contributed by atoms with van der Waals surface area (Å²) in [4.78, 5) is 14.2. The Morgan fingerprint density at radius 1 is 1.35 bits per heavy atom. The molecule has 1 fully saturated rings. The van der Waals surface area contributed by atoms with Gasteiger partial charge < -0.3 is 10.1 Å². The van der Waals surface area contributed by atoms with Gasteiger partial charge in [-0.2, -0.15) is 0 Å². The third-order valence-corrected chi connectivity index (χ3v) is 4.04. The van der Waals surface area contributed by atoms with Crippen LogP contribution >= 0.6 is 0 Å². The van der Waals surface area contributed by atoms with Gasteiger partial charge in [-0.3, -0.25) is 9.88 Å². The number of hydrogen-bond acceptors (Lipinski definition) is 6. The van der Waals surface area contributed by atoms with Gasteiger partial charge in [-0.1, -0.05) is 0 Å². The highest BCUT2D eigenvalue weighted by Crippen LogP contribution is 2.19. The van der Waals surface area contributed by atoms with Gasteiger partial charge in [-0.05, 0) is 18.9 Å². The molecule has 122 valence electrons. The van der Waals surface area contributed by atoms with E-state index in [1.807, 2.05) is 0 Å². The number of aromatic nitrogens is 3. The molecule has 3 rings (SSSR count). The summed E-state index contributed by atoms with van der Waals surface area (Å²) in [5, 5.41) is 3.41. The fourth-order valence-electron chi connectivity index (χ4n) is 2.75. The smallest absolute Gasteiger partial charge is 0.218 e. The number of rotatable bonds is 5. The van der Waals surface area contributed by atoms with Gasteiger partial charge in [0.15, 0.2) is 0 Å². The van der Waals surface area contributed by atoms with Gasteiger partial charge in [0.05, 0.1) is 13.3 Å². The predicted molar refractivity (Wildman–Crippen MR) is 84.7 cm³/mol. The number of nitrogens with zero attached hydrogens (tertiary/aromatic N) is 4. The lowest BCUT2D eigenvalue weighted by atomic mass is 10.0. The average Bonchev–Trinajstić information content (AvgIpc) is 2.59. The first kappa shape index (κ1) is 15.6. The molecule has 0 bridgehead atoms. The molecule has 23 heavy (non-hydrogen) atoms. The van der Waals surface area contributed by atoms with Crippen molar-refractivity contribution in [2.75, 3.05) is 25.5 Å². The van der Waals surface area contributed by atoms with Gasteiger partial charge in [-0.25, -0.2) is 14.4 Å². The van der Waals surface area contributed by atoms with Crippen LogP contribution in [0.3, 0.4) is 0 Å². The highest BCUT2D eigenvalue weighted by molar-refractivity contribution is 5.38. The first-order chi connectivity index (χ1) is 11.2. The zero-order valence-electron chi connectivity index (χ0n) is 13.1. The molecule has 1 saturated heterocycles. The monoisotopic (exact) mass is 317 g/mol. The number of likely N-dealkylation sites (tertiary alicyclic amines) is 1. The minimum atomic E-state index is -0.235. The minimum absolute atomic E-state index is 0.235. The summed E-state index contributed by atoms with van der Waals surface area (Å²) < 4.78 is 18.8. The summed E-state index contributed by atoms with van der Waals surface area (Å²) in [5.41, 5.74) is 0.701. The molecule has 0 radical (unpaired) electrons. The van der Waals surface area contributed by atoms with Crippen LogP contribution in [0, 0.1) is 5.82 Å². The second-order valence-corrected chi connectivity index (χ2v) is 5.61.